The number of pyridine rings is 1. The van der Waals surface area contributed by atoms with Gasteiger partial charge in [-0.25, -0.2) is 9.78 Å². The second kappa shape index (κ2) is 9.26. The standard InChI is InChI=1S/C21H28N4O4S/c1-13(26)23-18-17-10-15(24-14-5-8-30-9-6-14)11-22-20(17)25(19(18)21(27)28-2)12-16-4-3-7-29-16/h10-11,14,16,24H,3-9,12H2,1-2H3,(H,23,26)/t16-/m1/s1. The molecule has 1 amide bonds. The smallest absolute Gasteiger partial charge is 0.356 e. The number of hydrogen-bond donors (Lipinski definition) is 2. The van der Waals surface area contributed by atoms with Gasteiger partial charge in [0.2, 0.25) is 5.91 Å². The van der Waals surface area contributed by atoms with Crippen LogP contribution in [0.25, 0.3) is 11.0 Å². The molecule has 162 valence electrons. The molecule has 8 nitrogen and oxygen atoms in total. The summed E-state index contributed by atoms with van der Waals surface area (Å²) in [5, 5.41) is 7.12. The molecule has 2 fully saturated rings. The molecule has 2 N–H and O–H groups in total. The molecule has 1 atom stereocenters. The number of carbonyl (C=O) groups excluding carboxylic acids is 2. The summed E-state index contributed by atoms with van der Waals surface area (Å²) in [6, 6.07) is 2.37. The average Bonchev–Trinajstić information content (AvgIpc) is 3.35. The van der Waals surface area contributed by atoms with E-state index in [0.29, 0.717) is 29.6 Å². The van der Waals surface area contributed by atoms with Crippen LogP contribution >= 0.6 is 11.8 Å². The number of esters is 1. The molecule has 2 aliphatic rings. The highest BCUT2D eigenvalue weighted by Crippen LogP contribution is 2.34. The van der Waals surface area contributed by atoms with Gasteiger partial charge in [0.25, 0.3) is 0 Å². The van der Waals surface area contributed by atoms with E-state index in [-0.39, 0.29) is 12.0 Å². The number of nitrogens with one attached hydrogen (secondary N) is 2. The number of rotatable bonds is 6. The predicted molar refractivity (Wildman–Crippen MR) is 118 cm³/mol. The van der Waals surface area contributed by atoms with Crippen molar-refractivity contribution in [3.05, 3.63) is 18.0 Å². The molecule has 0 unspecified atom stereocenters. The third kappa shape index (κ3) is 4.41. The van der Waals surface area contributed by atoms with Crippen molar-refractivity contribution in [2.24, 2.45) is 0 Å². The third-order valence-electron chi connectivity index (χ3n) is 5.58. The SMILES string of the molecule is COC(=O)c1c(NC(C)=O)c2cc(NC3CCSCC3)cnc2n1C[C@H]1CCCO1. The summed E-state index contributed by atoms with van der Waals surface area (Å²) in [6.45, 7) is 2.64. The van der Waals surface area contributed by atoms with E-state index in [1.165, 1.54) is 14.0 Å². The Morgan fingerprint density at radius 3 is 2.80 bits per heavy atom. The van der Waals surface area contributed by atoms with E-state index in [2.05, 4.69) is 15.6 Å². The van der Waals surface area contributed by atoms with Crippen LogP contribution in [0.1, 0.15) is 43.1 Å². The summed E-state index contributed by atoms with van der Waals surface area (Å²) in [6.07, 6.45) is 5.94. The number of amides is 1. The van der Waals surface area contributed by atoms with Crippen molar-refractivity contribution in [3.63, 3.8) is 0 Å². The van der Waals surface area contributed by atoms with Crippen LogP contribution in [0.4, 0.5) is 11.4 Å². The Labute approximate surface area is 180 Å². The van der Waals surface area contributed by atoms with E-state index >= 15 is 0 Å². The van der Waals surface area contributed by atoms with Gasteiger partial charge in [0.15, 0.2) is 5.69 Å². The first kappa shape index (κ1) is 21.0. The van der Waals surface area contributed by atoms with E-state index in [0.717, 1.165) is 54.9 Å². The molecular formula is C21H28N4O4S. The molecule has 30 heavy (non-hydrogen) atoms. The van der Waals surface area contributed by atoms with Crippen LogP contribution in [0.2, 0.25) is 0 Å². The zero-order valence-electron chi connectivity index (χ0n) is 17.4. The Morgan fingerprint density at radius 1 is 1.33 bits per heavy atom. The molecule has 0 aromatic carbocycles. The van der Waals surface area contributed by atoms with Crippen LogP contribution in [0.3, 0.4) is 0 Å². The van der Waals surface area contributed by atoms with Crippen molar-refractivity contribution >= 4 is 46.0 Å². The van der Waals surface area contributed by atoms with Gasteiger partial charge in [-0.15, -0.1) is 0 Å². The summed E-state index contributed by atoms with van der Waals surface area (Å²) >= 11 is 1.98. The topological polar surface area (TPSA) is 94.5 Å². The van der Waals surface area contributed by atoms with Gasteiger partial charge >= 0.3 is 5.97 Å². The maximum absolute atomic E-state index is 12.7. The summed E-state index contributed by atoms with van der Waals surface area (Å²) in [5.74, 6) is 1.54. The third-order valence-corrected chi connectivity index (χ3v) is 6.63. The number of fused-ring (bicyclic) bond motifs is 1. The maximum atomic E-state index is 12.7. The van der Waals surface area contributed by atoms with Gasteiger partial charge in [-0.3, -0.25) is 4.79 Å². The van der Waals surface area contributed by atoms with Crippen molar-refractivity contribution in [2.45, 2.75) is 51.3 Å². The quantitative estimate of drug-likeness (QED) is 0.677. The van der Waals surface area contributed by atoms with E-state index in [4.69, 9.17) is 9.47 Å². The molecule has 2 aliphatic heterocycles. The van der Waals surface area contributed by atoms with Crippen LogP contribution < -0.4 is 10.6 Å². The van der Waals surface area contributed by atoms with Gasteiger partial charge in [-0.05, 0) is 43.3 Å². The molecule has 4 heterocycles. The van der Waals surface area contributed by atoms with E-state index in [1.54, 1.807) is 6.20 Å². The molecule has 0 bridgehead atoms. The van der Waals surface area contributed by atoms with Crippen molar-refractivity contribution in [2.75, 3.05) is 35.9 Å². The molecule has 2 saturated heterocycles. The van der Waals surface area contributed by atoms with Gasteiger partial charge in [0.1, 0.15) is 5.65 Å². The van der Waals surface area contributed by atoms with Crippen LogP contribution in [0, 0.1) is 0 Å². The van der Waals surface area contributed by atoms with Gasteiger partial charge in [-0.1, -0.05) is 0 Å². The lowest BCUT2D eigenvalue weighted by Crippen LogP contribution is -2.24. The predicted octanol–water partition coefficient (Wildman–Crippen LogP) is 3.27. The molecular weight excluding hydrogens is 404 g/mol. The molecule has 0 spiro atoms. The highest BCUT2D eigenvalue weighted by atomic mass is 32.2. The lowest BCUT2D eigenvalue weighted by Gasteiger charge is -2.23. The minimum Gasteiger partial charge on any atom is -0.464 e. The number of carbonyl (C=O) groups is 2. The van der Waals surface area contributed by atoms with Crippen molar-refractivity contribution in [1.29, 1.82) is 0 Å². The van der Waals surface area contributed by atoms with Crippen LogP contribution in [0.15, 0.2) is 12.3 Å². The number of anilines is 2. The number of nitrogens with zero attached hydrogens (tertiary/aromatic N) is 2. The van der Waals surface area contributed by atoms with Crippen molar-refractivity contribution in [1.82, 2.24) is 9.55 Å². The average molecular weight is 433 g/mol. The fourth-order valence-corrected chi connectivity index (χ4v) is 5.27. The molecule has 0 radical (unpaired) electrons. The lowest BCUT2D eigenvalue weighted by atomic mass is 10.1. The Bertz CT molecular complexity index is 933. The first-order valence-electron chi connectivity index (χ1n) is 10.4. The highest BCUT2D eigenvalue weighted by molar-refractivity contribution is 7.99. The minimum atomic E-state index is -0.506. The van der Waals surface area contributed by atoms with Gasteiger partial charge in [-0.2, -0.15) is 11.8 Å². The second-order valence-electron chi connectivity index (χ2n) is 7.77. The summed E-state index contributed by atoms with van der Waals surface area (Å²) in [4.78, 5) is 29.3. The first-order chi connectivity index (χ1) is 14.6. The van der Waals surface area contributed by atoms with Gasteiger partial charge in [0, 0.05) is 25.0 Å². The zero-order valence-corrected chi connectivity index (χ0v) is 18.2. The molecule has 4 rings (SSSR count). The van der Waals surface area contributed by atoms with E-state index in [9.17, 15) is 9.59 Å². The van der Waals surface area contributed by atoms with Crippen molar-refractivity contribution < 1.29 is 19.1 Å². The summed E-state index contributed by atoms with van der Waals surface area (Å²) in [7, 11) is 1.34. The van der Waals surface area contributed by atoms with Crippen LogP contribution in [0.5, 0.6) is 0 Å². The Kier molecular flexibility index (Phi) is 6.48. The Hall–Kier alpha value is -2.26. The number of hydrogen-bond acceptors (Lipinski definition) is 7. The Morgan fingerprint density at radius 2 is 2.13 bits per heavy atom. The molecule has 0 saturated carbocycles. The second-order valence-corrected chi connectivity index (χ2v) is 8.99. The van der Waals surface area contributed by atoms with Crippen molar-refractivity contribution in [3.8, 4) is 0 Å². The largest absolute Gasteiger partial charge is 0.464 e. The molecule has 2 aromatic heterocycles. The molecule has 0 aliphatic carbocycles. The van der Waals surface area contributed by atoms with Crippen LogP contribution in [-0.2, 0) is 20.8 Å². The highest BCUT2D eigenvalue weighted by Gasteiger charge is 2.28. The van der Waals surface area contributed by atoms with Gasteiger partial charge in [0.05, 0.1) is 37.3 Å². The fourth-order valence-electron chi connectivity index (χ4n) is 4.16. The number of aromatic nitrogens is 2. The Balaban J connectivity index is 1.78. The zero-order chi connectivity index (χ0) is 21.1. The summed E-state index contributed by atoms with van der Waals surface area (Å²) < 4.78 is 12.7. The monoisotopic (exact) mass is 432 g/mol. The molecule has 9 heteroatoms. The fraction of sp³-hybridized carbons (Fsp3) is 0.571. The maximum Gasteiger partial charge on any atom is 0.356 e. The summed E-state index contributed by atoms with van der Waals surface area (Å²) in [5.41, 5.74) is 2.27. The molecule has 2 aromatic rings. The minimum absolute atomic E-state index is 0.00789. The number of thioether (sulfide) groups is 1. The number of methoxy groups -OCH3 is 1. The van der Waals surface area contributed by atoms with Gasteiger partial charge < -0.3 is 24.7 Å². The van der Waals surface area contributed by atoms with E-state index < -0.39 is 5.97 Å². The number of ether oxygens (including phenoxy) is 2. The lowest BCUT2D eigenvalue weighted by molar-refractivity contribution is -0.114. The normalized spacial score (nSPS) is 19.7. The first-order valence-corrected chi connectivity index (χ1v) is 11.6. The van der Waals surface area contributed by atoms with E-state index in [1.807, 2.05) is 22.4 Å². The van der Waals surface area contributed by atoms with Crippen LogP contribution in [-0.4, -0.2) is 58.8 Å².